The Hall–Kier alpha value is -3.73. The summed E-state index contributed by atoms with van der Waals surface area (Å²) in [5, 5.41) is 0. The van der Waals surface area contributed by atoms with Crippen LogP contribution >= 0.6 is 0 Å². The van der Waals surface area contributed by atoms with Gasteiger partial charge in [-0.3, -0.25) is 9.59 Å². The molecule has 5 heteroatoms. The number of hydrogen-bond acceptors (Lipinski definition) is 4. The highest BCUT2D eigenvalue weighted by molar-refractivity contribution is 6.09. The van der Waals surface area contributed by atoms with Gasteiger partial charge in [-0.2, -0.15) is 0 Å². The Balaban J connectivity index is 1.52. The molecule has 1 fully saturated rings. The van der Waals surface area contributed by atoms with Crippen LogP contribution < -0.4 is 0 Å². The lowest BCUT2D eigenvalue weighted by molar-refractivity contribution is -0.140. The zero-order chi connectivity index (χ0) is 21.6. The summed E-state index contributed by atoms with van der Waals surface area (Å²) in [5.41, 5.74) is 2.00. The molecule has 156 valence electrons. The highest BCUT2D eigenvalue weighted by Gasteiger charge is 2.31. The van der Waals surface area contributed by atoms with Crippen LogP contribution in [0.1, 0.15) is 50.8 Å². The lowest BCUT2D eigenvalue weighted by atomic mass is 10.0. The van der Waals surface area contributed by atoms with Gasteiger partial charge in [-0.05, 0) is 25.0 Å². The van der Waals surface area contributed by atoms with Crippen molar-refractivity contribution in [2.45, 2.75) is 18.9 Å². The first-order chi connectivity index (χ1) is 15.1. The second-order valence-electron chi connectivity index (χ2n) is 7.50. The van der Waals surface area contributed by atoms with E-state index in [1.807, 2.05) is 24.3 Å². The number of esters is 1. The van der Waals surface area contributed by atoms with E-state index >= 15 is 0 Å². The number of ketones is 1. The molecular weight excluding hydrogens is 390 g/mol. The molecule has 0 aromatic heterocycles. The Kier molecular flexibility index (Phi) is 6.22. The number of carbonyl (C=O) groups is 3. The van der Waals surface area contributed by atoms with Crippen LogP contribution in [0, 0.1) is 0 Å². The predicted octanol–water partition coefficient (Wildman–Crippen LogP) is 4.44. The van der Waals surface area contributed by atoms with Crippen LogP contribution in [0.2, 0.25) is 0 Å². The van der Waals surface area contributed by atoms with Crippen LogP contribution in [0.15, 0.2) is 84.9 Å². The molecule has 4 rings (SSSR count). The van der Waals surface area contributed by atoms with Gasteiger partial charge in [0.15, 0.2) is 5.78 Å². The van der Waals surface area contributed by atoms with Crippen molar-refractivity contribution < 1.29 is 19.1 Å². The normalized spacial score (nSPS) is 14.1. The highest BCUT2D eigenvalue weighted by atomic mass is 16.5. The van der Waals surface area contributed by atoms with Crippen molar-refractivity contribution in [3.05, 3.63) is 107 Å². The molecule has 0 saturated carbocycles. The first kappa shape index (κ1) is 20.5. The molecule has 31 heavy (non-hydrogen) atoms. The molecule has 1 amide bonds. The van der Waals surface area contributed by atoms with Crippen molar-refractivity contribution in [1.82, 2.24) is 4.90 Å². The van der Waals surface area contributed by atoms with E-state index in [2.05, 4.69) is 0 Å². The molecular formula is C26H23NO4. The molecule has 1 atom stereocenters. The third-order valence-electron chi connectivity index (χ3n) is 5.39. The van der Waals surface area contributed by atoms with Gasteiger partial charge < -0.3 is 9.64 Å². The van der Waals surface area contributed by atoms with Crippen molar-refractivity contribution in [1.29, 1.82) is 0 Å². The Morgan fingerprint density at radius 2 is 1.19 bits per heavy atom. The quantitative estimate of drug-likeness (QED) is 0.443. The second-order valence-corrected chi connectivity index (χ2v) is 7.50. The van der Waals surface area contributed by atoms with E-state index < -0.39 is 12.1 Å². The molecule has 0 N–H and O–H groups in total. The topological polar surface area (TPSA) is 63.7 Å². The molecule has 0 radical (unpaired) electrons. The molecule has 0 bridgehead atoms. The van der Waals surface area contributed by atoms with E-state index in [1.54, 1.807) is 65.6 Å². The van der Waals surface area contributed by atoms with Crippen molar-refractivity contribution in [2.24, 2.45) is 0 Å². The van der Waals surface area contributed by atoms with E-state index in [9.17, 15) is 14.4 Å². The van der Waals surface area contributed by atoms with Gasteiger partial charge in [-0.15, -0.1) is 0 Å². The summed E-state index contributed by atoms with van der Waals surface area (Å²) in [7, 11) is 0. The lowest BCUT2D eigenvalue weighted by Gasteiger charge is -2.23. The van der Waals surface area contributed by atoms with Crippen molar-refractivity contribution >= 4 is 17.7 Å². The van der Waals surface area contributed by atoms with Gasteiger partial charge in [0.05, 0.1) is 5.56 Å². The first-order valence-electron chi connectivity index (χ1n) is 10.4. The van der Waals surface area contributed by atoms with Gasteiger partial charge in [0.1, 0.15) is 0 Å². The molecule has 1 heterocycles. The zero-order valence-electron chi connectivity index (χ0n) is 17.1. The zero-order valence-corrected chi connectivity index (χ0v) is 17.1. The largest absolute Gasteiger partial charge is 0.444 e. The molecule has 0 aliphatic carbocycles. The first-order valence-corrected chi connectivity index (χ1v) is 10.4. The molecule has 0 unspecified atom stereocenters. The summed E-state index contributed by atoms with van der Waals surface area (Å²) in [6.45, 7) is 1.35. The fourth-order valence-electron chi connectivity index (χ4n) is 3.68. The highest BCUT2D eigenvalue weighted by Crippen LogP contribution is 2.24. The third kappa shape index (κ3) is 4.72. The average molecular weight is 413 g/mol. The van der Waals surface area contributed by atoms with Crippen LogP contribution in [0.4, 0.5) is 0 Å². The summed E-state index contributed by atoms with van der Waals surface area (Å²) in [6.07, 6.45) is 0.924. The number of rotatable bonds is 6. The Bertz CT molecular complexity index is 1060. The van der Waals surface area contributed by atoms with E-state index in [1.165, 1.54) is 0 Å². The molecule has 1 aliphatic rings. The minimum Gasteiger partial charge on any atom is -0.444 e. The van der Waals surface area contributed by atoms with Gasteiger partial charge in [-0.1, -0.05) is 72.8 Å². The number of benzene rings is 3. The summed E-state index contributed by atoms with van der Waals surface area (Å²) in [6, 6.07) is 24.3. The maximum absolute atomic E-state index is 13.0. The SMILES string of the molecule is O=C(O[C@@H](C(=O)N1CCCC1)c1ccccc1)c1ccc(C(=O)c2ccccc2)cc1. The Morgan fingerprint density at radius 1 is 0.677 bits per heavy atom. The van der Waals surface area contributed by atoms with Gasteiger partial charge in [0, 0.05) is 29.8 Å². The minimum atomic E-state index is -0.988. The number of nitrogens with zero attached hydrogens (tertiary/aromatic N) is 1. The van der Waals surface area contributed by atoms with E-state index in [4.69, 9.17) is 4.74 Å². The summed E-state index contributed by atoms with van der Waals surface area (Å²) < 4.78 is 5.67. The minimum absolute atomic E-state index is 0.119. The van der Waals surface area contributed by atoms with Crippen LogP contribution in [-0.2, 0) is 9.53 Å². The number of hydrogen-bond donors (Lipinski definition) is 0. The van der Waals surface area contributed by atoms with Gasteiger partial charge in [0.25, 0.3) is 5.91 Å². The molecule has 0 spiro atoms. The smallest absolute Gasteiger partial charge is 0.339 e. The summed E-state index contributed by atoms with van der Waals surface area (Å²) >= 11 is 0. The monoisotopic (exact) mass is 413 g/mol. The fourth-order valence-corrected chi connectivity index (χ4v) is 3.68. The van der Waals surface area contributed by atoms with E-state index in [-0.39, 0.29) is 11.7 Å². The van der Waals surface area contributed by atoms with E-state index in [0.717, 1.165) is 12.8 Å². The van der Waals surface area contributed by atoms with Crippen LogP contribution in [0.25, 0.3) is 0 Å². The van der Waals surface area contributed by atoms with Crippen LogP contribution in [0.3, 0.4) is 0 Å². The molecule has 1 saturated heterocycles. The maximum Gasteiger partial charge on any atom is 0.339 e. The second kappa shape index (κ2) is 9.39. The molecule has 3 aromatic carbocycles. The average Bonchev–Trinajstić information content (AvgIpc) is 3.38. The van der Waals surface area contributed by atoms with E-state index in [0.29, 0.717) is 35.3 Å². The number of carbonyl (C=O) groups excluding carboxylic acids is 3. The molecule has 1 aliphatic heterocycles. The Labute approximate surface area is 181 Å². The molecule has 5 nitrogen and oxygen atoms in total. The van der Waals surface area contributed by atoms with Crippen LogP contribution in [-0.4, -0.2) is 35.6 Å². The lowest BCUT2D eigenvalue weighted by Crippen LogP contribution is -2.34. The van der Waals surface area contributed by atoms with Crippen molar-refractivity contribution in [2.75, 3.05) is 13.1 Å². The van der Waals surface area contributed by atoms with Crippen molar-refractivity contribution in [3.63, 3.8) is 0 Å². The van der Waals surface area contributed by atoms with Gasteiger partial charge in [0.2, 0.25) is 6.10 Å². The summed E-state index contributed by atoms with van der Waals surface area (Å²) in [5.74, 6) is -0.917. The number of likely N-dealkylation sites (tertiary alicyclic amines) is 1. The van der Waals surface area contributed by atoms with Gasteiger partial charge >= 0.3 is 5.97 Å². The third-order valence-corrected chi connectivity index (χ3v) is 5.39. The summed E-state index contributed by atoms with van der Waals surface area (Å²) in [4.78, 5) is 40.1. The number of ether oxygens (including phenoxy) is 1. The predicted molar refractivity (Wildman–Crippen MR) is 117 cm³/mol. The van der Waals surface area contributed by atoms with Crippen molar-refractivity contribution in [3.8, 4) is 0 Å². The van der Waals surface area contributed by atoms with Gasteiger partial charge in [-0.25, -0.2) is 4.79 Å². The molecule has 3 aromatic rings. The maximum atomic E-state index is 13.0. The fraction of sp³-hybridized carbons (Fsp3) is 0.192. The van der Waals surface area contributed by atoms with Crippen LogP contribution in [0.5, 0.6) is 0 Å². The number of amides is 1. The standard InChI is InChI=1S/C26H23NO4/c28-23(19-9-3-1-4-10-19)20-13-15-22(16-14-20)26(30)31-24(21-11-5-2-6-12-21)25(29)27-17-7-8-18-27/h1-6,9-16,24H,7-8,17-18H2/t24-/m1/s1. The Morgan fingerprint density at radius 3 is 1.81 bits per heavy atom.